The van der Waals surface area contributed by atoms with Crippen LogP contribution in [0.25, 0.3) is 0 Å². The molecule has 1 saturated heterocycles. The molecule has 1 heterocycles. The van der Waals surface area contributed by atoms with Crippen molar-refractivity contribution in [1.29, 1.82) is 0 Å². The van der Waals surface area contributed by atoms with E-state index in [1.165, 1.54) is 250 Å². The number of nitrogens with one attached hydrogen (secondary N) is 1. The number of amides is 1. The number of hydrogen-bond donors (Lipinski definition) is 8. The van der Waals surface area contributed by atoms with Crippen LogP contribution in [-0.2, 0) is 14.3 Å². The minimum atomic E-state index is -1.67. The summed E-state index contributed by atoms with van der Waals surface area (Å²) in [5, 5.41) is 76.5. The van der Waals surface area contributed by atoms with Gasteiger partial charge in [-0.05, 0) is 64.2 Å². The van der Waals surface area contributed by atoms with E-state index in [4.69, 9.17) is 9.47 Å². The van der Waals surface area contributed by atoms with Crippen molar-refractivity contribution < 1.29 is 50.0 Å². The molecule has 11 nitrogen and oxygen atoms in total. The van der Waals surface area contributed by atoms with E-state index in [0.29, 0.717) is 19.3 Å². The maximum atomic E-state index is 13.2. The molecule has 11 heteroatoms. The van der Waals surface area contributed by atoms with Gasteiger partial charge in [0.2, 0.25) is 5.91 Å². The van der Waals surface area contributed by atoms with Crippen LogP contribution in [0.3, 0.4) is 0 Å². The normalized spacial score (nSPS) is 19.3. The lowest BCUT2D eigenvalue weighted by atomic mass is 9.98. The van der Waals surface area contributed by atoms with Crippen molar-refractivity contribution in [3.63, 3.8) is 0 Å². The van der Waals surface area contributed by atoms with Crippen LogP contribution in [0, 0.1) is 0 Å². The standard InChI is InChI=1S/C71H135NO10/c1-3-5-7-9-11-13-15-17-19-21-23-25-27-29-30-31-32-33-35-37-39-41-43-45-47-49-51-53-55-57-59-64(75)70(80)72-62(61-81-71-69(79)68(78)67(77)65(60-73)82-71)66(76)63(74)58-56-54-52-50-48-46-44-42-40-38-36-34-28-26-24-22-20-18-16-14-12-10-8-6-4-2/h34,36,42,44,50,52,62-69,71,73-79H,3-33,35,37-41,43,45-49,51,53-61H2,1-2H3,(H,72,80)/b36-34+,44-42+,52-50+. The number of ether oxygens (including phenoxy) is 2. The second kappa shape index (κ2) is 59.7. The highest BCUT2D eigenvalue weighted by atomic mass is 16.7. The monoisotopic (exact) mass is 1160 g/mol. The molecule has 82 heavy (non-hydrogen) atoms. The first-order chi connectivity index (χ1) is 40.2. The Hall–Kier alpha value is -1.67. The SMILES string of the molecule is CCCCCCCCCCCCCC/C=C/CC/C=C/CC/C=C/CCCC(O)C(O)C(COC1OC(CO)C(O)C(O)C1O)NC(=O)C(O)CCCCCCCCCCCCCCCCCCCCCCCCCCCCCCCC. The third-order valence-corrected chi connectivity index (χ3v) is 17.2. The van der Waals surface area contributed by atoms with Crippen LogP contribution in [0.5, 0.6) is 0 Å². The van der Waals surface area contributed by atoms with Gasteiger partial charge in [-0.15, -0.1) is 0 Å². The van der Waals surface area contributed by atoms with Gasteiger partial charge in [0.1, 0.15) is 36.6 Å². The smallest absolute Gasteiger partial charge is 0.249 e. The second-order valence-electron chi connectivity index (χ2n) is 24.9. The lowest BCUT2D eigenvalue weighted by Gasteiger charge is -2.40. The molecule has 0 spiro atoms. The van der Waals surface area contributed by atoms with E-state index in [0.717, 1.165) is 44.9 Å². The average molecular weight is 1160 g/mol. The Balaban J connectivity index is 2.22. The summed E-state index contributed by atoms with van der Waals surface area (Å²) in [5.41, 5.74) is 0. The lowest BCUT2D eigenvalue weighted by molar-refractivity contribution is -0.303. The fraction of sp³-hybridized carbons (Fsp3) is 0.901. The summed E-state index contributed by atoms with van der Waals surface area (Å²) in [5.74, 6) is -0.706. The van der Waals surface area contributed by atoms with E-state index >= 15 is 0 Å². The molecule has 0 aromatic rings. The van der Waals surface area contributed by atoms with Gasteiger partial charge >= 0.3 is 0 Å². The zero-order valence-electron chi connectivity index (χ0n) is 53.5. The molecule has 9 unspecified atom stereocenters. The molecule has 1 amide bonds. The van der Waals surface area contributed by atoms with Crippen LogP contribution in [0.15, 0.2) is 36.5 Å². The van der Waals surface area contributed by atoms with Crippen molar-refractivity contribution in [2.24, 2.45) is 0 Å². The summed E-state index contributed by atoms with van der Waals surface area (Å²) >= 11 is 0. The molecule has 1 fully saturated rings. The number of unbranched alkanes of at least 4 members (excludes halogenated alkanes) is 44. The zero-order chi connectivity index (χ0) is 59.6. The van der Waals surface area contributed by atoms with Crippen molar-refractivity contribution in [2.75, 3.05) is 13.2 Å². The highest BCUT2D eigenvalue weighted by Crippen LogP contribution is 2.24. The lowest BCUT2D eigenvalue weighted by Crippen LogP contribution is -2.60. The summed E-state index contributed by atoms with van der Waals surface area (Å²) in [4.78, 5) is 13.2. The van der Waals surface area contributed by atoms with Crippen LogP contribution in [-0.4, -0.2) is 110 Å². The summed E-state index contributed by atoms with van der Waals surface area (Å²) in [7, 11) is 0. The van der Waals surface area contributed by atoms with Gasteiger partial charge in [-0.1, -0.05) is 314 Å². The van der Waals surface area contributed by atoms with Gasteiger partial charge in [0.25, 0.3) is 0 Å². The van der Waals surface area contributed by atoms with E-state index in [1.54, 1.807) is 0 Å². The number of carbonyl (C=O) groups excluding carboxylic acids is 1. The first kappa shape index (κ1) is 78.3. The predicted octanol–water partition coefficient (Wildman–Crippen LogP) is 17.0. The van der Waals surface area contributed by atoms with Crippen molar-refractivity contribution in [2.45, 2.75) is 396 Å². The van der Waals surface area contributed by atoms with Gasteiger partial charge in [0.05, 0.1) is 25.4 Å². The number of rotatable bonds is 62. The molecule has 484 valence electrons. The van der Waals surface area contributed by atoms with E-state index in [9.17, 15) is 40.5 Å². The summed E-state index contributed by atoms with van der Waals surface area (Å²) in [6.45, 7) is 3.49. The van der Waals surface area contributed by atoms with Crippen LogP contribution in [0.1, 0.15) is 341 Å². The van der Waals surface area contributed by atoms with E-state index < -0.39 is 74.2 Å². The molecule has 1 aliphatic heterocycles. The van der Waals surface area contributed by atoms with E-state index in [-0.39, 0.29) is 12.8 Å². The summed E-state index contributed by atoms with van der Waals surface area (Å²) in [6, 6.07) is -1.19. The van der Waals surface area contributed by atoms with Crippen LogP contribution in [0.2, 0.25) is 0 Å². The van der Waals surface area contributed by atoms with Crippen LogP contribution in [0.4, 0.5) is 0 Å². The van der Waals surface area contributed by atoms with Crippen molar-refractivity contribution in [3.05, 3.63) is 36.5 Å². The highest BCUT2D eigenvalue weighted by Gasteiger charge is 2.44. The van der Waals surface area contributed by atoms with E-state index in [2.05, 4.69) is 55.6 Å². The molecular formula is C71H135NO10. The topological polar surface area (TPSA) is 189 Å². The number of aliphatic hydroxyl groups is 7. The molecule has 0 saturated carbocycles. The van der Waals surface area contributed by atoms with Gasteiger partial charge < -0.3 is 50.5 Å². The van der Waals surface area contributed by atoms with Gasteiger partial charge in [-0.25, -0.2) is 0 Å². The maximum Gasteiger partial charge on any atom is 0.249 e. The fourth-order valence-corrected chi connectivity index (χ4v) is 11.5. The molecule has 0 aliphatic carbocycles. The molecule has 0 bridgehead atoms. The van der Waals surface area contributed by atoms with Crippen LogP contribution < -0.4 is 5.32 Å². The number of aliphatic hydroxyl groups excluding tert-OH is 7. The molecule has 9 atom stereocenters. The number of carbonyl (C=O) groups is 1. The maximum absolute atomic E-state index is 13.2. The Labute approximate surface area is 505 Å². The minimum Gasteiger partial charge on any atom is -0.394 e. The van der Waals surface area contributed by atoms with Gasteiger partial charge in [0, 0.05) is 0 Å². The van der Waals surface area contributed by atoms with Crippen molar-refractivity contribution in [3.8, 4) is 0 Å². The molecule has 1 aliphatic rings. The summed E-state index contributed by atoms with van der Waals surface area (Å²) in [6.07, 6.45) is 65.2. The number of allylic oxidation sites excluding steroid dienone is 6. The van der Waals surface area contributed by atoms with Crippen molar-refractivity contribution in [1.82, 2.24) is 5.32 Å². The van der Waals surface area contributed by atoms with Crippen LogP contribution >= 0.6 is 0 Å². The molecule has 0 aromatic heterocycles. The Morgan fingerprint density at radius 2 is 0.732 bits per heavy atom. The largest absolute Gasteiger partial charge is 0.394 e. The fourth-order valence-electron chi connectivity index (χ4n) is 11.5. The van der Waals surface area contributed by atoms with Gasteiger partial charge in [-0.2, -0.15) is 0 Å². The highest BCUT2D eigenvalue weighted by molar-refractivity contribution is 5.80. The first-order valence-corrected chi connectivity index (χ1v) is 35.4. The summed E-state index contributed by atoms with van der Waals surface area (Å²) < 4.78 is 11.2. The molecule has 0 radical (unpaired) electrons. The Morgan fingerprint density at radius 1 is 0.415 bits per heavy atom. The minimum absolute atomic E-state index is 0.243. The molecule has 1 rings (SSSR count). The second-order valence-corrected chi connectivity index (χ2v) is 24.9. The Morgan fingerprint density at radius 3 is 1.09 bits per heavy atom. The van der Waals surface area contributed by atoms with Gasteiger partial charge in [0.15, 0.2) is 6.29 Å². The first-order valence-electron chi connectivity index (χ1n) is 35.4. The Bertz CT molecular complexity index is 1430. The molecular weight excluding hydrogens is 1030 g/mol. The Kier molecular flexibility index (Phi) is 57.0. The van der Waals surface area contributed by atoms with Gasteiger partial charge in [-0.3, -0.25) is 4.79 Å². The average Bonchev–Trinajstić information content (AvgIpc) is 3.50. The third kappa shape index (κ3) is 46.5. The van der Waals surface area contributed by atoms with Crippen molar-refractivity contribution >= 4 is 5.91 Å². The number of hydrogen-bond acceptors (Lipinski definition) is 10. The van der Waals surface area contributed by atoms with E-state index in [1.807, 2.05) is 0 Å². The predicted molar refractivity (Wildman–Crippen MR) is 344 cm³/mol. The quantitative estimate of drug-likeness (QED) is 0.0215. The molecule has 8 N–H and O–H groups in total. The molecule has 0 aromatic carbocycles. The zero-order valence-corrected chi connectivity index (χ0v) is 53.5. The third-order valence-electron chi connectivity index (χ3n) is 17.2.